The molecular formula is C33H43ClN2O7S. The van der Waals surface area contributed by atoms with Crippen molar-refractivity contribution in [3.63, 3.8) is 0 Å². The molecule has 3 N–H and O–H groups in total. The van der Waals surface area contributed by atoms with Gasteiger partial charge in [-0.05, 0) is 105 Å². The molecule has 1 aliphatic carbocycles. The molecular weight excluding hydrogens is 604 g/mol. The average molecular weight is 647 g/mol. The number of sulfonamides is 1. The van der Waals surface area contributed by atoms with Gasteiger partial charge in [-0.1, -0.05) is 29.8 Å². The van der Waals surface area contributed by atoms with Crippen molar-refractivity contribution in [3.8, 4) is 5.75 Å². The molecule has 1 fully saturated rings. The Balaban J connectivity index is 1.51. The van der Waals surface area contributed by atoms with E-state index < -0.39 is 27.3 Å². The molecule has 0 unspecified atom stereocenters. The largest absolute Gasteiger partial charge is 0.487 e. The first kappa shape index (κ1) is 32.8. The maximum atomic E-state index is 13.3. The summed E-state index contributed by atoms with van der Waals surface area (Å²) in [5.74, 6) is 0.437. The van der Waals surface area contributed by atoms with Crippen LogP contribution in [0, 0.1) is 11.8 Å². The summed E-state index contributed by atoms with van der Waals surface area (Å²) >= 11 is 6.31. The number of nitrogens with zero attached hydrogens (tertiary/aromatic N) is 1. The second-order valence-corrected chi connectivity index (χ2v) is 14.8. The van der Waals surface area contributed by atoms with Crippen LogP contribution in [0.25, 0.3) is 0 Å². The molecule has 5 atom stereocenters. The van der Waals surface area contributed by atoms with Crippen LogP contribution in [0.2, 0.25) is 5.02 Å². The zero-order valence-corrected chi connectivity index (χ0v) is 26.7. The van der Waals surface area contributed by atoms with Gasteiger partial charge in [-0.25, -0.2) is 13.1 Å². The summed E-state index contributed by atoms with van der Waals surface area (Å²) in [6.07, 6.45) is 8.14. The number of aryl methyl sites for hydroxylation is 1. The van der Waals surface area contributed by atoms with Crippen molar-refractivity contribution in [2.24, 2.45) is 11.8 Å². The van der Waals surface area contributed by atoms with Crippen LogP contribution in [0.4, 0.5) is 5.69 Å². The second kappa shape index (κ2) is 14.6. The molecule has 2 bridgehead atoms. The van der Waals surface area contributed by atoms with Crippen LogP contribution in [0.15, 0.2) is 48.6 Å². The van der Waals surface area contributed by atoms with Crippen LogP contribution in [0.1, 0.15) is 66.9 Å². The normalized spacial score (nSPS) is 27.3. The molecule has 2 aromatic rings. The number of rotatable bonds is 4. The molecule has 2 aliphatic heterocycles. The Bertz CT molecular complexity index is 1450. The Hall–Kier alpha value is -2.63. The molecule has 44 heavy (non-hydrogen) atoms. The van der Waals surface area contributed by atoms with Gasteiger partial charge in [0.05, 0.1) is 30.3 Å². The highest BCUT2D eigenvalue weighted by Gasteiger charge is 2.38. The van der Waals surface area contributed by atoms with Gasteiger partial charge in [-0.15, -0.1) is 0 Å². The van der Waals surface area contributed by atoms with E-state index >= 15 is 0 Å². The van der Waals surface area contributed by atoms with Crippen LogP contribution in [0.5, 0.6) is 5.75 Å². The van der Waals surface area contributed by atoms with E-state index in [1.54, 1.807) is 25.1 Å². The van der Waals surface area contributed by atoms with Gasteiger partial charge in [0.15, 0.2) is 0 Å². The van der Waals surface area contributed by atoms with E-state index in [0.717, 1.165) is 55.5 Å². The van der Waals surface area contributed by atoms with Crippen molar-refractivity contribution in [2.45, 2.75) is 75.9 Å². The van der Waals surface area contributed by atoms with Gasteiger partial charge in [0.1, 0.15) is 18.5 Å². The molecule has 3 aliphatic rings. The monoisotopic (exact) mass is 646 g/mol. The van der Waals surface area contributed by atoms with Gasteiger partial charge in [-0.3, -0.25) is 4.79 Å². The SMILES string of the molecule is C[C@@H]1CC/C=C/[C@H](OC[C@H](O)CO)[C@@H]2CC[C@H]2CN2CCCCc3cc(Cl)ccc3COc3ccc(cc32)C(=O)NS1(=O)=O. The summed E-state index contributed by atoms with van der Waals surface area (Å²) in [5, 5.41) is 19.2. The first-order chi connectivity index (χ1) is 21.1. The molecule has 0 saturated heterocycles. The van der Waals surface area contributed by atoms with Crippen LogP contribution < -0.4 is 14.4 Å². The molecule has 1 saturated carbocycles. The lowest BCUT2D eigenvalue weighted by molar-refractivity contribution is -0.0584. The molecule has 5 rings (SSSR count). The van der Waals surface area contributed by atoms with E-state index in [1.807, 2.05) is 30.4 Å². The fourth-order valence-electron chi connectivity index (χ4n) is 6.22. The van der Waals surface area contributed by atoms with Gasteiger partial charge in [0.25, 0.3) is 5.91 Å². The van der Waals surface area contributed by atoms with Crippen LogP contribution in [-0.4, -0.2) is 68.3 Å². The van der Waals surface area contributed by atoms with E-state index in [2.05, 4.69) is 9.62 Å². The summed E-state index contributed by atoms with van der Waals surface area (Å²) in [6, 6.07) is 11.0. The summed E-state index contributed by atoms with van der Waals surface area (Å²) in [5.41, 5.74) is 3.22. The summed E-state index contributed by atoms with van der Waals surface area (Å²) in [7, 11) is -3.91. The summed E-state index contributed by atoms with van der Waals surface area (Å²) < 4.78 is 40.9. The van der Waals surface area contributed by atoms with E-state index in [-0.39, 0.29) is 36.7 Å². The maximum Gasteiger partial charge on any atom is 0.264 e. The van der Waals surface area contributed by atoms with Crippen molar-refractivity contribution < 1.29 is 32.9 Å². The zero-order chi connectivity index (χ0) is 31.3. The number of ether oxygens (including phenoxy) is 2. The van der Waals surface area contributed by atoms with Gasteiger partial charge >= 0.3 is 0 Å². The van der Waals surface area contributed by atoms with Crippen molar-refractivity contribution in [1.82, 2.24) is 4.72 Å². The maximum absolute atomic E-state index is 13.3. The number of amides is 1. The van der Waals surface area contributed by atoms with Gasteiger partial charge in [-0.2, -0.15) is 0 Å². The fourth-order valence-corrected chi connectivity index (χ4v) is 7.44. The Morgan fingerprint density at radius 1 is 1.14 bits per heavy atom. The van der Waals surface area contributed by atoms with Crippen molar-refractivity contribution in [2.75, 3.05) is 31.2 Å². The Morgan fingerprint density at radius 3 is 2.75 bits per heavy atom. The fraction of sp³-hybridized carbons (Fsp3) is 0.545. The third-order valence-electron chi connectivity index (χ3n) is 9.11. The minimum atomic E-state index is -3.91. The Morgan fingerprint density at radius 2 is 1.98 bits per heavy atom. The third kappa shape index (κ3) is 7.95. The van der Waals surface area contributed by atoms with E-state index in [9.17, 15) is 23.4 Å². The topological polar surface area (TPSA) is 125 Å². The number of allylic oxidation sites excluding steroid dienone is 1. The molecule has 11 heteroatoms. The molecule has 0 aromatic heterocycles. The van der Waals surface area contributed by atoms with Gasteiger partial charge in [0.2, 0.25) is 10.0 Å². The van der Waals surface area contributed by atoms with Gasteiger partial charge < -0.3 is 24.6 Å². The molecule has 2 aromatic carbocycles. The number of fused-ring (bicyclic) bond motifs is 3. The summed E-state index contributed by atoms with van der Waals surface area (Å²) in [4.78, 5) is 15.5. The first-order valence-electron chi connectivity index (χ1n) is 15.6. The third-order valence-corrected chi connectivity index (χ3v) is 11.1. The molecule has 0 radical (unpaired) electrons. The molecule has 1 amide bonds. The van der Waals surface area contributed by atoms with E-state index in [1.165, 1.54) is 0 Å². The predicted molar refractivity (Wildman–Crippen MR) is 171 cm³/mol. The number of carbonyl (C=O) groups excluding carboxylic acids is 1. The number of anilines is 1. The average Bonchev–Trinajstić information content (AvgIpc) is 3.02. The lowest BCUT2D eigenvalue weighted by Gasteiger charge is -2.44. The number of hydrogen-bond acceptors (Lipinski definition) is 8. The molecule has 9 nitrogen and oxygen atoms in total. The number of carbonyl (C=O) groups is 1. The van der Waals surface area contributed by atoms with E-state index in [4.69, 9.17) is 21.1 Å². The van der Waals surface area contributed by atoms with Crippen LogP contribution >= 0.6 is 11.6 Å². The number of nitrogens with one attached hydrogen (secondary N) is 1. The van der Waals surface area contributed by atoms with Crippen LogP contribution in [-0.2, 0) is 27.8 Å². The first-order valence-corrected chi connectivity index (χ1v) is 17.5. The quantitative estimate of drug-likeness (QED) is 0.411. The molecule has 240 valence electrons. The van der Waals surface area contributed by atoms with E-state index in [0.29, 0.717) is 36.8 Å². The number of benzene rings is 2. The number of hydrogen-bond donors (Lipinski definition) is 3. The lowest BCUT2D eigenvalue weighted by Crippen LogP contribution is -2.44. The smallest absolute Gasteiger partial charge is 0.264 e. The predicted octanol–water partition coefficient (Wildman–Crippen LogP) is 4.62. The number of halogens is 1. The Labute approximate surface area is 265 Å². The molecule has 0 spiro atoms. The minimum Gasteiger partial charge on any atom is -0.487 e. The zero-order valence-electron chi connectivity index (χ0n) is 25.2. The number of aliphatic hydroxyl groups is 2. The minimum absolute atomic E-state index is 0.0138. The van der Waals surface area contributed by atoms with Crippen molar-refractivity contribution >= 4 is 33.2 Å². The standard InChI is InChI=1S/C33H43ClN2O7S/c1-22-6-2-3-8-31(43-21-28(38)19-37)29-13-10-25(29)18-36-15-5-4-7-23-16-27(34)12-9-26(23)20-42-32-14-11-24(17-30(32)36)33(39)35-44(22,40)41/h3,8-9,11-12,14,16-17,22,25,28-29,31,37-38H,2,4-7,10,13,15,18-21H2,1H3,(H,35,39)/b8-3+/t22-,25+,28-,29-,31+/m1/s1. The van der Waals surface area contributed by atoms with Crippen molar-refractivity contribution in [1.29, 1.82) is 0 Å². The summed E-state index contributed by atoms with van der Waals surface area (Å²) in [6.45, 7) is 2.99. The highest BCUT2D eigenvalue weighted by Crippen LogP contribution is 2.42. The van der Waals surface area contributed by atoms with Gasteiger partial charge in [0, 0.05) is 23.7 Å². The van der Waals surface area contributed by atoms with Crippen molar-refractivity contribution in [3.05, 3.63) is 70.3 Å². The number of aliphatic hydroxyl groups excluding tert-OH is 2. The second-order valence-electron chi connectivity index (χ2n) is 12.2. The molecule has 2 heterocycles. The highest BCUT2D eigenvalue weighted by molar-refractivity contribution is 7.90. The lowest BCUT2D eigenvalue weighted by atomic mass is 9.70. The Kier molecular flexibility index (Phi) is 10.9. The highest BCUT2D eigenvalue weighted by atomic mass is 35.5. The van der Waals surface area contributed by atoms with Crippen LogP contribution in [0.3, 0.4) is 0 Å².